The number of ether oxygens (including phenoxy) is 2. The third kappa shape index (κ3) is 4.47. The molecule has 0 saturated carbocycles. The maximum atomic E-state index is 13.0. The van der Waals surface area contributed by atoms with Crippen LogP contribution < -0.4 is 0 Å². The predicted octanol–water partition coefficient (Wildman–Crippen LogP) is 4.10. The molecular weight excluding hydrogens is 309 g/mol. The van der Waals surface area contributed by atoms with E-state index in [1.165, 1.54) is 12.1 Å². The first-order valence-electron chi connectivity index (χ1n) is 7.78. The predicted molar refractivity (Wildman–Crippen MR) is 79.0 cm³/mol. The third-order valence-electron chi connectivity index (χ3n) is 4.37. The molecule has 0 aromatic heterocycles. The molecule has 0 radical (unpaired) electrons. The van der Waals surface area contributed by atoms with Crippen LogP contribution in [0.4, 0.5) is 13.2 Å². The number of carbonyl (C=O) groups is 1. The molecule has 1 heterocycles. The van der Waals surface area contributed by atoms with Gasteiger partial charge in [-0.25, -0.2) is 0 Å². The second kappa shape index (κ2) is 7.34. The van der Waals surface area contributed by atoms with Crippen molar-refractivity contribution in [1.82, 2.24) is 0 Å². The van der Waals surface area contributed by atoms with Crippen molar-refractivity contribution in [3.63, 3.8) is 0 Å². The Morgan fingerprint density at radius 3 is 2.61 bits per heavy atom. The molecule has 0 aliphatic carbocycles. The van der Waals surface area contributed by atoms with Crippen LogP contribution in [0.15, 0.2) is 24.3 Å². The summed E-state index contributed by atoms with van der Waals surface area (Å²) in [6.45, 7) is 3.01. The van der Waals surface area contributed by atoms with Gasteiger partial charge in [-0.15, -0.1) is 0 Å². The summed E-state index contributed by atoms with van der Waals surface area (Å²) in [5.41, 5.74) is -0.497. The number of hydrogen-bond donors (Lipinski definition) is 0. The Balaban J connectivity index is 2.25. The van der Waals surface area contributed by atoms with Crippen LogP contribution >= 0.6 is 0 Å². The SMILES string of the molecule is CCOC(=O)CCC1(c2cccc(C(F)(F)F)c2)CCOCC1. The van der Waals surface area contributed by atoms with Crippen molar-refractivity contribution in [2.75, 3.05) is 19.8 Å². The van der Waals surface area contributed by atoms with Crippen LogP contribution in [-0.4, -0.2) is 25.8 Å². The van der Waals surface area contributed by atoms with Crippen molar-refractivity contribution in [3.05, 3.63) is 35.4 Å². The number of carbonyl (C=O) groups excluding carboxylic acids is 1. The Bertz CT molecular complexity index is 534. The molecule has 1 fully saturated rings. The lowest BCUT2D eigenvalue weighted by molar-refractivity contribution is -0.144. The van der Waals surface area contributed by atoms with Gasteiger partial charge in [0.25, 0.3) is 0 Å². The minimum Gasteiger partial charge on any atom is -0.466 e. The van der Waals surface area contributed by atoms with Crippen LogP contribution in [0.5, 0.6) is 0 Å². The number of hydrogen-bond acceptors (Lipinski definition) is 3. The van der Waals surface area contributed by atoms with Crippen molar-refractivity contribution in [2.45, 2.75) is 44.2 Å². The number of alkyl halides is 3. The first kappa shape index (κ1) is 17.8. The largest absolute Gasteiger partial charge is 0.466 e. The zero-order valence-electron chi connectivity index (χ0n) is 13.1. The van der Waals surface area contributed by atoms with Gasteiger partial charge in [0.1, 0.15) is 0 Å². The molecule has 0 amide bonds. The van der Waals surface area contributed by atoms with Gasteiger partial charge < -0.3 is 9.47 Å². The lowest BCUT2D eigenvalue weighted by Gasteiger charge is -2.38. The van der Waals surface area contributed by atoms with Gasteiger partial charge in [0.2, 0.25) is 0 Å². The highest BCUT2D eigenvalue weighted by Crippen LogP contribution is 2.41. The molecule has 2 rings (SSSR count). The average Bonchev–Trinajstić information content (AvgIpc) is 2.53. The Labute approximate surface area is 133 Å². The van der Waals surface area contributed by atoms with Crippen molar-refractivity contribution < 1.29 is 27.4 Å². The van der Waals surface area contributed by atoms with Crippen molar-refractivity contribution >= 4 is 5.97 Å². The van der Waals surface area contributed by atoms with Gasteiger partial charge in [0, 0.05) is 25.0 Å². The monoisotopic (exact) mass is 330 g/mol. The van der Waals surface area contributed by atoms with E-state index in [2.05, 4.69) is 0 Å². The molecule has 0 bridgehead atoms. The third-order valence-corrected chi connectivity index (χ3v) is 4.37. The summed E-state index contributed by atoms with van der Waals surface area (Å²) in [6.07, 6.45) is -2.49. The van der Waals surface area contributed by atoms with E-state index in [1.807, 2.05) is 0 Å². The van der Waals surface area contributed by atoms with E-state index < -0.39 is 17.2 Å². The van der Waals surface area contributed by atoms with Gasteiger partial charge in [-0.3, -0.25) is 4.79 Å². The number of halogens is 3. The zero-order chi connectivity index (χ0) is 16.9. The summed E-state index contributed by atoms with van der Waals surface area (Å²) >= 11 is 0. The summed E-state index contributed by atoms with van der Waals surface area (Å²) in [5.74, 6) is -0.314. The van der Waals surface area contributed by atoms with Crippen molar-refractivity contribution in [2.24, 2.45) is 0 Å². The molecule has 0 spiro atoms. The van der Waals surface area contributed by atoms with E-state index in [4.69, 9.17) is 9.47 Å². The molecule has 0 N–H and O–H groups in total. The van der Waals surface area contributed by atoms with E-state index in [1.54, 1.807) is 13.0 Å². The highest BCUT2D eigenvalue weighted by atomic mass is 19.4. The van der Waals surface area contributed by atoms with Crippen LogP contribution in [0.3, 0.4) is 0 Å². The molecule has 1 aromatic rings. The normalized spacial score (nSPS) is 17.7. The maximum absolute atomic E-state index is 13.0. The quantitative estimate of drug-likeness (QED) is 0.763. The Hall–Kier alpha value is -1.56. The van der Waals surface area contributed by atoms with Crippen molar-refractivity contribution in [1.29, 1.82) is 0 Å². The summed E-state index contributed by atoms with van der Waals surface area (Å²) in [5, 5.41) is 0. The van der Waals surface area contributed by atoms with Gasteiger partial charge in [-0.05, 0) is 37.8 Å². The minimum atomic E-state index is -4.37. The van der Waals surface area contributed by atoms with Crippen molar-refractivity contribution in [3.8, 4) is 0 Å². The minimum absolute atomic E-state index is 0.198. The molecule has 128 valence electrons. The molecule has 0 unspecified atom stereocenters. The molecule has 6 heteroatoms. The van der Waals surface area contributed by atoms with Crippen LogP contribution in [0, 0.1) is 0 Å². The Kier molecular flexibility index (Phi) is 5.68. The summed E-state index contributed by atoms with van der Waals surface area (Å²) in [7, 11) is 0. The zero-order valence-corrected chi connectivity index (χ0v) is 13.1. The number of rotatable bonds is 5. The number of benzene rings is 1. The smallest absolute Gasteiger partial charge is 0.416 e. The molecule has 3 nitrogen and oxygen atoms in total. The van der Waals surface area contributed by atoms with E-state index in [9.17, 15) is 18.0 Å². The average molecular weight is 330 g/mol. The second-order valence-electron chi connectivity index (χ2n) is 5.78. The fourth-order valence-corrected chi connectivity index (χ4v) is 3.05. The van der Waals surface area contributed by atoms with Gasteiger partial charge in [-0.2, -0.15) is 13.2 Å². The first-order valence-corrected chi connectivity index (χ1v) is 7.78. The van der Waals surface area contributed by atoms with Crippen LogP contribution in [0.2, 0.25) is 0 Å². The summed E-state index contributed by atoms with van der Waals surface area (Å²) in [4.78, 5) is 11.7. The Morgan fingerprint density at radius 2 is 2.00 bits per heavy atom. The lowest BCUT2D eigenvalue weighted by Crippen LogP contribution is -2.35. The van der Waals surface area contributed by atoms with Crippen LogP contribution in [0.25, 0.3) is 0 Å². The maximum Gasteiger partial charge on any atom is 0.416 e. The fourth-order valence-electron chi connectivity index (χ4n) is 3.05. The molecule has 1 saturated heterocycles. The number of esters is 1. The molecule has 1 aromatic carbocycles. The highest BCUT2D eigenvalue weighted by Gasteiger charge is 2.37. The van der Waals surface area contributed by atoms with Crippen LogP contribution in [-0.2, 0) is 25.9 Å². The molecule has 1 aliphatic heterocycles. The Morgan fingerprint density at radius 1 is 1.30 bits per heavy atom. The van der Waals surface area contributed by atoms with Gasteiger partial charge in [0.05, 0.1) is 12.2 Å². The molecule has 1 aliphatic rings. The fraction of sp³-hybridized carbons (Fsp3) is 0.588. The molecular formula is C17H21F3O3. The van der Waals surface area contributed by atoms with E-state index in [0.29, 0.717) is 44.6 Å². The van der Waals surface area contributed by atoms with Gasteiger partial charge >= 0.3 is 12.1 Å². The molecule has 23 heavy (non-hydrogen) atoms. The highest BCUT2D eigenvalue weighted by molar-refractivity contribution is 5.69. The second-order valence-corrected chi connectivity index (χ2v) is 5.78. The molecule has 0 atom stereocenters. The van der Waals surface area contributed by atoms with E-state index in [-0.39, 0.29) is 12.4 Å². The van der Waals surface area contributed by atoms with E-state index >= 15 is 0 Å². The summed E-state index contributed by atoms with van der Waals surface area (Å²) < 4.78 is 49.2. The first-order chi connectivity index (χ1) is 10.9. The lowest BCUT2D eigenvalue weighted by atomic mass is 9.70. The van der Waals surface area contributed by atoms with Gasteiger partial charge in [-0.1, -0.05) is 18.2 Å². The van der Waals surface area contributed by atoms with Gasteiger partial charge in [0.15, 0.2) is 0 Å². The van der Waals surface area contributed by atoms with Crippen LogP contribution in [0.1, 0.15) is 43.7 Å². The standard InChI is InChI=1S/C17H21F3O3/c1-2-23-15(21)6-7-16(8-10-22-11-9-16)13-4-3-5-14(12-13)17(18,19)20/h3-5,12H,2,6-11H2,1H3. The topological polar surface area (TPSA) is 35.5 Å². The summed E-state index contributed by atoms with van der Waals surface area (Å²) in [6, 6.07) is 5.42. The van der Waals surface area contributed by atoms with E-state index in [0.717, 1.165) is 6.07 Å².